The predicted octanol–water partition coefficient (Wildman–Crippen LogP) is 1.20. The van der Waals surface area contributed by atoms with Crippen molar-refractivity contribution in [1.82, 2.24) is 0 Å². The molecule has 1 aliphatic heterocycles. The monoisotopic (exact) mass is 252 g/mol. The van der Waals surface area contributed by atoms with Crippen LogP contribution in [0.5, 0.6) is 5.75 Å². The summed E-state index contributed by atoms with van der Waals surface area (Å²) in [6, 6.07) is 6.71. The summed E-state index contributed by atoms with van der Waals surface area (Å²) in [5.74, 6) is -0.193. The number of aromatic hydroxyl groups is 1. The summed E-state index contributed by atoms with van der Waals surface area (Å²) in [6.45, 7) is 2.79. The summed E-state index contributed by atoms with van der Waals surface area (Å²) < 4.78 is 15.6. The molecule has 0 bridgehead atoms. The largest absolute Gasteiger partial charge is 0.508 e. The summed E-state index contributed by atoms with van der Waals surface area (Å²) in [4.78, 5) is 11.3. The highest BCUT2D eigenvalue weighted by Crippen LogP contribution is 2.34. The molecule has 5 heteroatoms. The van der Waals surface area contributed by atoms with Gasteiger partial charge in [-0.2, -0.15) is 0 Å². The Kier molecular flexibility index (Phi) is 3.84. The van der Waals surface area contributed by atoms with Crippen molar-refractivity contribution in [3.63, 3.8) is 0 Å². The summed E-state index contributed by atoms with van der Waals surface area (Å²) in [7, 11) is 0. The van der Waals surface area contributed by atoms with Gasteiger partial charge in [0.2, 0.25) is 0 Å². The number of phenols is 1. The molecule has 0 saturated carbocycles. The maximum Gasteiger partial charge on any atom is 0.332 e. The number of hydrogen-bond acceptors (Lipinski definition) is 5. The van der Waals surface area contributed by atoms with Crippen molar-refractivity contribution in [2.75, 3.05) is 26.4 Å². The smallest absolute Gasteiger partial charge is 0.332 e. The maximum atomic E-state index is 11.3. The van der Waals surface area contributed by atoms with Gasteiger partial charge in [0.15, 0.2) is 0 Å². The third-order valence-corrected chi connectivity index (χ3v) is 2.84. The highest BCUT2D eigenvalue weighted by Gasteiger charge is 2.42. The second kappa shape index (κ2) is 5.37. The third kappa shape index (κ3) is 2.63. The lowest BCUT2D eigenvalue weighted by Gasteiger charge is -2.41. The molecular formula is C13H16O5. The van der Waals surface area contributed by atoms with Crippen molar-refractivity contribution < 1.29 is 24.1 Å². The summed E-state index contributed by atoms with van der Waals surface area (Å²) >= 11 is 0. The number of esters is 1. The highest BCUT2D eigenvalue weighted by atomic mass is 16.6. The standard InChI is InChI=1S/C13H16O5/c1-2-17-12(15)7-18-13(8-16-9-13)10-3-5-11(14)6-4-10/h3-6,14H,2,7-9H2,1H3. The van der Waals surface area contributed by atoms with E-state index < -0.39 is 5.60 Å². The van der Waals surface area contributed by atoms with Gasteiger partial charge >= 0.3 is 5.97 Å². The molecule has 0 radical (unpaired) electrons. The summed E-state index contributed by atoms with van der Waals surface area (Å²) in [5.41, 5.74) is 0.288. The molecule has 1 heterocycles. The average Bonchev–Trinajstić information content (AvgIpc) is 2.30. The Morgan fingerprint density at radius 2 is 2.06 bits per heavy atom. The van der Waals surface area contributed by atoms with Gasteiger partial charge in [-0.25, -0.2) is 4.79 Å². The molecular weight excluding hydrogens is 236 g/mol. The Labute approximate surface area is 105 Å². The van der Waals surface area contributed by atoms with Gasteiger partial charge in [-0.1, -0.05) is 12.1 Å². The number of carbonyl (C=O) groups is 1. The molecule has 0 spiro atoms. The fourth-order valence-electron chi connectivity index (χ4n) is 1.79. The molecule has 1 saturated heterocycles. The van der Waals surface area contributed by atoms with E-state index >= 15 is 0 Å². The number of ether oxygens (including phenoxy) is 3. The van der Waals surface area contributed by atoms with E-state index in [1.807, 2.05) is 0 Å². The average molecular weight is 252 g/mol. The molecule has 0 atom stereocenters. The number of rotatable bonds is 5. The number of carbonyl (C=O) groups excluding carboxylic acids is 1. The molecule has 18 heavy (non-hydrogen) atoms. The van der Waals surface area contributed by atoms with Gasteiger partial charge in [0.05, 0.1) is 19.8 Å². The maximum absolute atomic E-state index is 11.3. The lowest BCUT2D eigenvalue weighted by Crippen LogP contribution is -2.49. The van der Waals surface area contributed by atoms with Crippen LogP contribution in [0.4, 0.5) is 0 Å². The van der Waals surface area contributed by atoms with Crippen molar-refractivity contribution in [3.8, 4) is 5.75 Å². The molecule has 0 aromatic heterocycles. The Morgan fingerprint density at radius 1 is 1.39 bits per heavy atom. The van der Waals surface area contributed by atoms with Gasteiger partial charge in [-0.05, 0) is 24.6 Å². The predicted molar refractivity (Wildman–Crippen MR) is 63.2 cm³/mol. The molecule has 1 aromatic rings. The van der Waals surface area contributed by atoms with Crippen LogP contribution in [0.3, 0.4) is 0 Å². The Balaban J connectivity index is 2.02. The van der Waals surface area contributed by atoms with E-state index in [1.165, 1.54) is 0 Å². The first-order chi connectivity index (χ1) is 8.66. The van der Waals surface area contributed by atoms with Crippen molar-refractivity contribution in [3.05, 3.63) is 29.8 Å². The molecule has 0 aliphatic carbocycles. The van der Waals surface area contributed by atoms with Gasteiger partial charge < -0.3 is 19.3 Å². The van der Waals surface area contributed by atoms with Gasteiger partial charge in [0.1, 0.15) is 18.0 Å². The third-order valence-electron chi connectivity index (χ3n) is 2.84. The second-order valence-corrected chi connectivity index (χ2v) is 4.13. The highest BCUT2D eigenvalue weighted by molar-refractivity contribution is 5.70. The topological polar surface area (TPSA) is 65.0 Å². The van der Waals surface area contributed by atoms with Crippen molar-refractivity contribution in [1.29, 1.82) is 0 Å². The lowest BCUT2D eigenvalue weighted by atomic mass is 9.91. The quantitative estimate of drug-likeness (QED) is 0.798. The molecule has 98 valence electrons. The van der Waals surface area contributed by atoms with E-state index in [2.05, 4.69) is 0 Å². The van der Waals surface area contributed by atoms with Crippen LogP contribution in [-0.4, -0.2) is 37.5 Å². The molecule has 0 unspecified atom stereocenters. The van der Waals surface area contributed by atoms with Crippen LogP contribution >= 0.6 is 0 Å². The molecule has 1 aliphatic rings. The Bertz CT molecular complexity index is 408. The number of benzene rings is 1. The van der Waals surface area contributed by atoms with E-state index in [-0.39, 0.29) is 18.3 Å². The van der Waals surface area contributed by atoms with Gasteiger partial charge in [-0.3, -0.25) is 0 Å². The zero-order valence-electron chi connectivity index (χ0n) is 10.2. The Morgan fingerprint density at radius 3 is 2.56 bits per heavy atom. The molecule has 5 nitrogen and oxygen atoms in total. The van der Waals surface area contributed by atoms with Crippen molar-refractivity contribution in [2.45, 2.75) is 12.5 Å². The fourth-order valence-corrected chi connectivity index (χ4v) is 1.79. The van der Waals surface area contributed by atoms with Crippen LogP contribution in [0.1, 0.15) is 12.5 Å². The normalized spacial score (nSPS) is 16.9. The molecule has 1 N–H and O–H groups in total. The zero-order chi connectivity index (χ0) is 13.0. The number of phenolic OH excluding ortho intramolecular Hbond substituents is 1. The Hall–Kier alpha value is -1.59. The fraction of sp³-hybridized carbons (Fsp3) is 0.462. The van der Waals surface area contributed by atoms with Gasteiger partial charge in [0.25, 0.3) is 0 Å². The van der Waals surface area contributed by atoms with Crippen LogP contribution in [0.2, 0.25) is 0 Å². The van der Waals surface area contributed by atoms with Crippen LogP contribution in [-0.2, 0) is 24.6 Å². The van der Waals surface area contributed by atoms with Gasteiger partial charge in [0, 0.05) is 0 Å². The van der Waals surface area contributed by atoms with E-state index in [9.17, 15) is 9.90 Å². The van der Waals surface area contributed by atoms with E-state index in [1.54, 1.807) is 31.2 Å². The van der Waals surface area contributed by atoms with E-state index in [4.69, 9.17) is 14.2 Å². The minimum absolute atomic E-state index is 0.0991. The summed E-state index contributed by atoms with van der Waals surface area (Å²) in [6.07, 6.45) is 0. The summed E-state index contributed by atoms with van der Waals surface area (Å²) in [5, 5.41) is 9.26. The number of hydrogen-bond donors (Lipinski definition) is 1. The first-order valence-electron chi connectivity index (χ1n) is 5.83. The lowest BCUT2D eigenvalue weighted by molar-refractivity contribution is -0.221. The SMILES string of the molecule is CCOC(=O)COC1(c2ccc(O)cc2)COC1. The molecule has 2 rings (SSSR count). The molecule has 1 fully saturated rings. The van der Waals surface area contributed by atoms with Crippen LogP contribution in [0, 0.1) is 0 Å². The second-order valence-electron chi connectivity index (χ2n) is 4.13. The zero-order valence-corrected chi connectivity index (χ0v) is 10.2. The van der Waals surface area contributed by atoms with Crippen LogP contribution in [0.15, 0.2) is 24.3 Å². The minimum Gasteiger partial charge on any atom is -0.508 e. The first kappa shape index (κ1) is 12.9. The van der Waals surface area contributed by atoms with E-state index in [0.29, 0.717) is 19.8 Å². The van der Waals surface area contributed by atoms with Crippen LogP contribution in [0.25, 0.3) is 0 Å². The van der Waals surface area contributed by atoms with Crippen molar-refractivity contribution in [2.24, 2.45) is 0 Å². The van der Waals surface area contributed by atoms with Gasteiger partial charge in [-0.15, -0.1) is 0 Å². The molecule has 0 amide bonds. The van der Waals surface area contributed by atoms with E-state index in [0.717, 1.165) is 5.56 Å². The van der Waals surface area contributed by atoms with Crippen LogP contribution < -0.4 is 0 Å². The first-order valence-corrected chi connectivity index (χ1v) is 5.83. The molecule has 1 aromatic carbocycles. The van der Waals surface area contributed by atoms with Crippen molar-refractivity contribution >= 4 is 5.97 Å². The minimum atomic E-state index is -0.597.